The number of nitrogens with two attached hydrogens (primary N) is 1. The molecule has 0 aromatic rings. The van der Waals surface area contributed by atoms with Crippen molar-refractivity contribution in [3.8, 4) is 0 Å². The Morgan fingerprint density at radius 3 is 1.71 bits per heavy atom. The SMILES string of the molecule is CCCCC/C=C/CC/C=C/CC/C=C/C(O)C(COP(=O)(O)OCCN)NC(=O)CCCCCCCCCCCCCCC. The van der Waals surface area contributed by atoms with Crippen LogP contribution in [0, 0.1) is 0 Å². The van der Waals surface area contributed by atoms with Crippen molar-refractivity contribution in [3.63, 3.8) is 0 Å². The van der Waals surface area contributed by atoms with Gasteiger partial charge < -0.3 is 21.1 Å². The average molecular weight is 657 g/mol. The van der Waals surface area contributed by atoms with E-state index in [-0.39, 0.29) is 25.7 Å². The fraction of sp³-hybridized carbons (Fsp3) is 0.806. The number of carbonyl (C=O) groups is 1. The van der Waals surface area contributed by atoms with E-state index in [0.29, 0.717) is 6.42 Å². The molecule has 0 aromatic carbocycles. The van der Waals surface area contributed by atoms with Crippen LogP contribution in [0.2, 0.25) is 0 Å². The van der Waals surface area contributed by atoms with Crippen LogP contribution in [-0.2, 0) is 18.4 Å². The molecule has 0 aliphatic rings. The zero-order valence-electron chi connectivity index (χ0n) is 28.8. The summed E-state index contributed by atoms with van der Waals surface area (Å²) in [7, 11) is -4.34. The van der Waals surface area contributed by atoms with Gasteiger partial charge in [0.25, 0.3) is 0 Å². The van der Waals surface area contributed by atoms with Crippen molar-refractivity contribution in [2.75, 3.05) is 19.8 Å². The molecule has 0 radical (unpaired) electrons. The van der Waals surface area contributed by atoms with E-state index < -0.39 is 20.0 Å². The largest absolute Gasteiger partial charge is 0.472 e. The lowest BCUT2D eigenvalue weighted by atomic mass is 10.0. The maximum Gasteiger partial charge on any atom is 0.472 e. The first-order chi connectivity index (χ1) is 21.9. The summed E-state index contributed by atoms with van der Waals surface area (Å²) in [6, 6.07) is -0.877. The van der Waals surface area contributed by atoms with Crippen LogP contribution >= 0.6 is 7.82 Å². The maximum atomic E-state index is 12.6. The number of hydrogen-bond donors (Lipinski definition) is 4. The van der Waals surface area contributed by atoms with E-state index in [1.54, 1.807) is 6.08 Å². The summed E-state index contributed by atoms with van der Waals surface area (Å²) in [5, 5.41) is 13.5. The van der Waals surface area contributed by atoms with Crippen molar-refractivity contribution in [3.05, 3.63) is 36.5 Å². The number of aliphatic hydroxyl groups excluding tert-OH is 1. The minimum atomic E-state index is -4.34. The first-order valence-corrected chi connectivity index (χ1v) is 19.6. The van der Waals surface area contributed by atoms with Gasteiger partial charge in [-0.3, -0.25) is 13.8 Å². The molecule has 0 rings (SSSR count). The molecule has 0 spiro atoms. The Morgan fingerprint density at radius 2 is 1.18 bits per heavy atom. The minimum Gasteiger partial charge on any atom is -0.387 e. The molecule has 0 aliphatic carbocycles. The van der Waals surface area contributed by atoms with Crippen LogP contribution in [0.5, 0.6) is 0 Å². The predicted molar refractivity (Wildman–Crippen MR) is 189 cm³/mol. The maximum absolute atomic E-state index is 12.6. The smallest absolute Gasteiger partial charge is 0.387 e. The van der Waals surface area contributed by atoms with Crippen molar-refractivity contribution < 1.29 is 28.4 Å². The Balaban J connectivity index is 4.42. The lowest BCUT2D eigenvalue weighted by Crippen LogP contribution is -2.45. The first kappa shape index (κ1) is 43.7. The number of hydrogen-bond acceptors (Lipinski definition) is 6. The number of unbranched alkanes of at least 4 members (excludes halogenated alkanes) is 17. The van der Waals surface area contributed by atoms with Gasteiger partial charge in [-0.15, -0.1) is 0 Å². The van der Waals surface area contributed by atoms with Crippen LogP contribution in [-0.4, -0.2) is 47.8 Å². The number of allylic oxidation sites excluding steroid dienone is 5. The lowest BCUT2D eigenvalue weighted by molar-refractivity contribution is -0.123. The molecule has 5 N–H and O–H groups in total. The summed E-state index contributed by atoms with van der Waals surface area (Å²) in [6.07, 6.45) is 36.1. The molecule has 264 valence electrons. The second-order valence-electron chi connectivity index (χ2n) is 12.1. The van der Waals surface area contributed by atoms with Crippen LogP contribution in [0.1, 0.15) is 155 Å². The second-order valence-corrected chi connectivity index (χ2v) is 13.5. The van der Waals surface area contributed by atoms with E-state index in [0.717, 1.165) is 51.4 Å². The van der Waals surface area contributed by atoms with E-state index in [2.05, 4.69) is 43.5 Å². The summed E-state index contributed by atoms with van der Waals surface area (Å²) < 4.78 is 22.0. The molecule has 0 saturated carbocycles. The highest BCUT2D eigenvalue weighted by Crippen LogP contribution is 2.43. The third kappa shape index (κ3) is 31.1. The highest BCUT2D eigenvalue weighted by atomic mass is 31.2. The second kappa shape index (κ2) is 32.7. The van der Waals surface area contributed by atoms with Crippen molar-refractivity contribution in [2.45, 2.75) is 167 Å². The molecule has 0 bridgehead atoms. The van der Waals surface area contributed by atoms with Gasteiger partial charge in [0.05, 0.1) is 25.4 Å². The molecule has 3 atom stereocenters. The number of carbonyl (C=O) groups excluding carboxylic acids is 1. The topological polar surface area (TPSA) is 131 Å². The molecule has 0 fully saturated rings. The molecule has 9 heteroatoms. The number of phosphoric acid groups is 1. The standard InChI is InChI=1S/C36H69N2O6P/c1-3-5-7-9-11-13-15-17-19-21-23-25-27-29-35(39)34(33-44-45(41,42)43-32-31-37)38-36(40)30-28-26-24-22-20-18-16-14-12-10-8-6-4-2/h11,13,19,21,27,29,34-35,39H,3-10,12,14-18,20,22-26,28,30-33,37H2,1-2H3,(H,38,40)(H,41,42)/b13-11+,21-19+,29-27+. The van der Waals surface area contributed by atoms with Gasteiger partial charge in [0, 0.05) is 13.0 Å². The molecule has 0 saturated heterocycles. The number of aliphatic hydroxyl groups is 1. The van der Waals surface area contributed by atoms with Crippen LogP contribution in [0.3, 0.4) is 0 Å². The molecule has 3 unspecified atom stereocenters. The van der Waals surface area contributed by atoms with Crippen LogP contribution < -0.4 is 11.1 Å². The van der Waals surface area contributed by atoms with E-state index >= 15 is 0 Å². The molecule has 0 aliphatic heterocycles. The number of phosphoric ester groups is 1. The van der Waals surface area contributed by atoms with Crippen LogP contribution in [0.15, 0.2) is 36.5 Å². The Morgan fingerprint density at radius 1 is 0.711 bits per heavy atom. The van der Waals surface area contributed by atoms with Gasteiger partial charge in [-0.1, -0.05) is 140 Å². The van der Waals surface area contributed by atoms with E-state index in [1.165, 1.54) is 83.5 Å². The van der Waals surface area contributed by atoms with Gasteiger partial charge in [-0.2, -0.15) is 0 Å². The van der Waals surface area contributed by atoms with E-state index in [9.17, 15) is 19.4 Å². The molecule has 1 amide bonds. The van der Waals surface area contributed by atoms with Crippen molar-refractivity contribution >= 4 is 13.7 Å². The average Bonchev–Trinajstić information content (AvgIpc) is 3.02. The van der Waals surface area contributed by atoms with E-state index in [1.807, 2.05) is 6.08 Å². The van der Waals surface area contributed by atoms with Crippen molar-refractivity contribution in [1.29, 1.82) is 0 Å². The first-order valence-electron chi connectivity index (χ1n) is 18.1. The summed E-state index contributed by atoms with van der Waals surface area (Å²) in [5.74, 6) is -0.211. The molecular weight excluding hydrogens is 587 g/mol. The molecule has 0 aromatic heterocycles. The van der Waals surface area contributed by atoms with Crippen LogP contribution in [0.25, 0.3) is 0 Å². The molecular formula is C36H69N2O6P. The Bertz CT molecular complexity index is 804. The highest BCUT2D eigenvalue weighted by Gasteiger charge is 2.26. The van der Waals surface area contributed by atoms with Gasteiger partial charge >= 0.3 is 7.82 Å². The minimum absolute atomic E-state index is 0.0722. The molecule has 45 heavy (non-hydrogen) atoms. The highest BCUT2D eigenvalue weighted by molar-refractivity contribution is 7.47. The Kier molecular flexibility index (Phi) is 31.7. The van der Waals surface area contributed by atoms with Gasteiger partial charge in [-0.05, 0) is 44.9 Å². The summed E-state index contributed by atoms with van der Waals surface area (Å²) >= 11 is 0. The van der Waals surface area contributed by atoms with Gasteiger partial charge in [-0.25, -0.2) is 4.57 Å². The van der Waals surface area contributed by atoms with Crippen molar-refractivity contribution in [2.24, 2.45) is 5.73 Å². The van der Waals surface area contributed by atoms with Gasteiger partial charge in [0.2, 0.25) is 5.91 Å². The van der Waals surface area contributed by atoms with E-state index in [4.69, 9.17) is 14.8 Å². The predicted octanol–water partition coefficient (Wildman–Crippen LogP) is 9.22. The number of amides is 1. The lowest BCUT2D eigenvalue weighted by Gasteiger charge is -2.23. The zero-order valence-corrected chi connectivity index (χ0v) is 29.7. The van der Waals surface area contributed by atoms with Gasteiger partial charge in [0.15, 0.2) is 0 Å². The zero-order chi connectivity index (χ0) is 33.3. The fourth-order valence-corrected chi connectivity index (χ4v) is 5.69. The number of nitrogens with one attached hydrogen (secondary N) is 1. The van der Waals surface area contributed by atoms with Gasteiger partial charge in [0.1, 0.15) is 0 Å². The van der Waals surface area contributed by atoms with Crippen molar-refractivity contribution in [1.82, 2.24) is 5.32 Å². The fourth-order valence-electron chi connectivity index (χ4n) is 4.93. The Hall–Kier alpha value is -1.28. The monoisotopic (exact) mass is 656 g/mol. The summed E-state index contributed by atoms with van der Waals surface area (Å²) in [4.78, 5) is 22.5. The van der Waals surface area contributed by atoms with Crippen LogP contribution in [0.4, 0.5) is 0 Å². The summed E-state index contributed by atoms with van der Waals surface area (Å²) in [5.41, 5.74) is 5.34. The quantitative estimate of drug-likeness (QED) is 0.0315. The Labute approximate surface area is 276 Å². The third-order valence-corrected chi connectivity index (χ3v) is 8.68. The number of rotatable bonds is 33. The molecule has 0 heterocycles. The summed E-state index contributed by atoms with van der Waals surface area (Å²) in [6.45, 7) is 4.05. The third-order valence-electron chi connectivity index (χ3n) is 7.70. The normalized spacial score (nSPS) is 14.9. The molecule has 8 nitrogen and oxygen atoms in total.